The number of aromatic carboxylic acids is 1. The van der Waals surface area contributed by atoms with Crippen molar-refractivity contribution in [2.75, 3.05) is 7.11 Å². The van der Waals surface area contributed by atoms with Crippen LogP contribution in [0.2, 0.25) is 0 Å². The van der Waals surface area contributed by atoms with Crippen LogP contribution in [-0.2, 0) is 16.1 Å². The summed E-state index contributed by atoms with van der Waals surface area (Å²) in [5, 5.41) is 15.9. The van der Waals surface area contributed by atoms with E-state index in [4.69, 9.17) is 21.6 Å². The number of nitrogens with one attached hydrogen (secondary N) is 1. The lowest BCUT2D eigenvalue weighted by Gasteiger charge is -2.07. The Balaban J connectivity index is 0.000000294. The standard InChI is InChI=1S/C18H14N6O5.C10H12N2O3.CH4/c1-8-22-11-4-9(2-3-14(11)29-8)6-20-17(26)12-5-13(18(27)28)24-16(23-12)10(7-21-24)15(19)25;1-15-10(14)7-4-2-6(3-5-7)8(11)9(12)13;/h2-5,7H,6H2,1H3,(H2,19,25)(H,20,26)(H,27,28);2-5,8H,11H2,1H3,(H2,12,13);1H4/t;8-;/m.1./s1. The molecule has 0 aliphatic carbocycles. The molecule has 16 nitrogen and oxygen atoms in total. The average molecular weight is 619 g/mol. The highest BCUT2D eigenvalue weighted by molar-refractivity contribution is 6.01. The predicted molar refractivity (Wildman–Crippen MR) is 159 cm³/mol. The molecule has 234 valence electrons. The molecule has 16 heteroatoms. The van der Waals surface area contributed by atoms with Crippen molar-refractivity contribution >= 4 is 46.4 Å². The van der Waals surface area contributed by atoms with E-state index in [1.54, 1.807) is 37.3 Å². The van der Waals surface area contributed by atoms with Gasteiger partial charge in [0.05, 0.1) is 18.9 Å². The molecule has 5 aromatic rings. The third kappa shape index (κ3) is 7.44. The van der Waals surface area contributed by atoms with E-state index in [2.05, 4.69) is 25.1 Å². The molecule has 0 saturated carbocycles. The number of nitrogens with two attached hydrogens (primary N) is 3. The number of carbonyl (C=O) groups excluding carboxylic acids is 4. The second kappa shape index (κ2) is 13.9. The first kappa shape index (κ1) is 33.3. The van der Waals surface area contributed by atoms with E-state index >= 15 is 0 Å². The summed E-state index contributed by atoms with van der Waals surface area (Å²) in [4.78, 5) is 65.8. The SMILES string of the molecule is C.COC(=O)c1ccc([C@@H](N)C(N)=O)cc1.Cc1nc2cc(CNC(=O)c3cc(C(=O)O)n4ncc(C(N)=O)c4n3)ccc2o1. The van der Waals surface area contributed by atoms with Gasteiger partial charge in [-0.3, -0.25) is 14.4 Å². The minimum atomic E-state index is -1.34. The van der Waals surface area contributed by atoms with Gasteiger partial charge in [-0.15, -0.1) is 0 Å². The Hall–Kier alpha value is -6.16. The number of benzene rings is 2. The number of carboxylic acids is 1. The van der Waals surface area contributed by atoms with Crippen LogP contribution in [0.3, 0.4) is 0 Å². The topological polar surface area (TPSA) is 261 Å². The number of aryl methyl sites for hydroxylation is 1. The van der Waals surface area contributed by atoms with Gasteiger partial charge in [0.15, 0.2) is 22.8 Å². The first-order valence-corrected chi connectivity index (χ1v) is 12.7. The van der Waals surface area contributed by atoms with Gasteiger partial charge in [-0.05, 0) is 35.4 Å². The maximum absolute atomic E-state index is 12.6. The number of fused-ring (bicyclic) bond motifs is 2. The molecule has 45 heavy (non-hydrogen) atoms. The van der Waals surface area contributed by atoms with Crippen LogP contribution < -0.4 is 22.5 Å². The Kier molecular flexibility index (Phi) is 10.3. The van der Waals surface area contributed by atoms with Gasteiger partial charge < -0.3 is 36.8 Å². The van der Waals surface area contributed by atoms with Gasteiger partial charge in [-0.25, -0.2) is 24.1 Å². The summed E-state index contributed by atoms with van der Waals surface area (Å²) in [7, 11) is 1.30. The summed E-state index contributed by atoms with van der Waals surface area (Å²) in [6, 6.07) is 11.7. The number of aromatic nitrogens is 4. The molecular formula is C29H30N8O8. The van der Waals surface area contributed by atoms with Crippen molar-refractivity contribution in [3.63, 3.8) is 0 Å². The second-order valence-corrected chi connectivity index (χ2v) is 9.20. The molecular weight excluding hydrogens is 588 g/mol. The largest absolute Gasteiger partial charge is 0.477 e. The Labute approximate surface area is 255 Å². The first-order valence-electron chi connectivity index (χ1n) is 12.7. The highest BCUT2D eigenvalue weighted by atomic mass is 16.5. The van der Waals surface area contributed by atoms with Crippen LogP contribution in [0.5, 0.6) is 0 Å². The van der Waals surface area contributed by atoms with Gasteiger partial charge in [0.1, 0.15) is 22.8 Å². The number of nitrogens with zero attached hydrogens (tertiary/aromatic N) is 4. The van der Waals surface area contributed by atoms with Gasteiger partial charge >= 0.3 is 11.9 Å². The van der Waals surface area contributed by atoms with E-state index in [1.807, 2.05) is 0 Å². The van der Waals surface area contributed by atoms with Crippen LogP contribution in [0.25, 0.3) is 16.7 Å². The fourth-order valence-electron chi connectivity index (χ4n) is 3.99. The molecule has 3 heterocycles. The van der Waals surface area contributed by atoms with Crippen molar-refractivity contribution in [1.29, 1.82) is 0 Å². The molecule has 0 bridgehead atoms. The number of methoxy groups -OCH3 is 1. The quantitative estimate of drug-likeness (QED) is 0.155. The molecule has 0 aliphatic heterocycles. The molecule has 0 fully saturated rings. The number of carboxylic acid groups (broad SMARTS) is 1. The number of oxazole rings is 1. The number of hydrogen-bond acceptors (Lipinski definition) is 11. The molecule has 3 aromatic heterocycles. The van der Waals surface area contributed by atoms with Gasteiger partial charge in [0, 0.05) is 19.5 Å². The summed E-state index contributed by atoms with van der Waals surface area (Å²) in [5.74, 6) is -3.31. The van der Waals surface area contributed by atoms with Crippen molar-refractivity contribution in [3.8, 4) is 0 Å². The predicted octanol–water partition coefficient (Wildman–Crippen LogP) is 1.50. The number of esters is 1. The van der Waals surface area contributed by atoms with Crippen molar-refractivity contribution in [1.82, 2.24) is 24.9 Å². The smallest absolute Gasteiger partial charge is 0.354 e. The van der Waals surface area contributed by atoms with Gasteiger partial charge in [-0.1, -0.05) is 25.6 Å². The highest BCUT2D eigenvalue weighted by Crippen LogP contribution is 2.17. The Morgan fingerprint density at radius 2 is 1.73 bits per heavy atom. The molecule has 0 radical (unpaired) electrons. The minimum absolute atomic E-state index is 0. The highest BCUT2D eigenvalue weighted by Gasteiger charge is 2.21. The molecule has 2 aromatic carbocycles. The number of primary amides is 2. The zero-order valence-electron chi connectivity index (χ0n) is 23.3. The van der Waals surface area contributed by atoms with Crippen molar-refractivity contribution in [2.24, 2.45) is 17.2 Å². The Morgan fingerprint density at radius 1 is 1.04 bits per heavy atom. The Bertz CT molecular complexity index is 1910. The zero-order valence-corrected chi connectivity index (χ0v) is 23.3. The maximum atomic E-state index is 12.6. The fourth-order valence-corrected chi connectivity index (χ4v) is 3.99. The van der Waals surface area contributed by atoms with Crippen molar-refractivity contribution < 1.29 is 38.2 Å². The maximum Gasteiger partial charge on any atom is 0.354 e. The fraction of sp³-hybridized carbons (Fsp3) is 0.172. The Morgan fingerprint density at radius 3 is 2.33 bits per heavy atom. The van der Waals surface area contributed by atoms with Crippen LogP contribution in [0.1, 0.15) is 72.2 Å². The number of amides is 3. The van der Waals surface area contributed by atoms with Gasteiger partial charge in [0.25, 0.3) is 11.8 Å². The molecule has 0 spiro atoms. The van der Waals surface area contributed by atoms with Crippen LogP contribution in [-0.4, -0.2) is 61.5 Å². The molecule has 3 amide bonds. The lowest BCUT2D eigenvalue weighted by molar-refractivity contribution is -0.119. The van der Waals surface area contributed by atoms with Gasteiger partial charge in [0.2, 0.25) is 5.91 Å². The van der Waals surface area contributed by atoms with E-state index < -0.39 is 35.7 Å². The molecule has 5 rings (SSSR count). The lowest BCUT2D eigenvalue weighted by Crippen LogP contribution is -2.28. The number of ether oxygens (including phenoxy) is 1. The number of hydrogen-bond donors (Lipinski definition) is 5. The zero-order chi connectivity index (χ0) is 32.1. The van der Waals surface area contributed by atoms with E-state index in [0.29, 0.717) is 28.1 Å². The normalized spacial score (nSPS) is 11.1. The molecule has 0 saturated heterocycles. The van der Waals surface area contributed by atoms with Crippen LogP contribution >= 0.6 is 0 Å². The van der Waals surface area contributed by atoms with Crippen LogP contribution in [0.4, 0.5) is 0 Å². The third-order valence-corrected chi connectivity index (χ3v) is 6.20. The van der Waals surface area contributed by atoms with E-state index in [9.17, 15) is 29.1 Å². The summed E-state index contributed by atoms with van der Waals surface area (Å²) in [6.07, 6.45) is 1.11. The second-order valence-electron chi connectivity index (χ2n) is 9.20. The molecule has 8 N–H and O–H groups in total. The third-order valence-electron chi connectivity index (χ3n) is 6.20. The van der Waals surface area contributed by atoms with Crippen molar-refractivity contribution in [3.05, 3.63) is 94.3 Å². The van der Waals surface area contributed by atoms with Crippen LogP contribution in [0, 0.1) is 6.92 Å². The number of rotatable bonds is 8. The lowest BCUT2D eigenvalue weighted by atomic mass is 10.1. The monoisotopic (exact) mass is 618 g/mol. The molecule has 0 aliphatic rings. The van der Waals surface area contributed by atoms with Gasteiger partial charge in [-0.2, -0.15) is 5.10 Å². The van der Waals surface area contributed by atoms with Crippen molar-refractivity contribution in [2.45, 2.75) is 26.9 Å². The summed E-state index contributed by atoms with van der Waals surface area (Å²) >= 11 is 0. The average Bonchev–Trinajstić information content (AvgIpc) is 3.61. The number of carbonyl (C=O) groups is 5. The minimum Gasteiger partial charge on any atom is -0.477 e. The summed E-state index contributed by atoms with van der Waals surface area (Å²) in [6.45, 7) is 1.89. The summed E-state index contributed by atoms with van der Waals surface area (Å²) < 4.78 is 10.9. The first-order chi connectivity index (χ1) is 20.9. The van der Waals surface area contributed by atoms with E-state index in [-0.39, 0.29) is 36.6 Å². The molecule has 1 atom stereocenters. The summed E-state index contributed by atoms with van der Waals surface area (Å²) in [5.41, 5.74) is 18.1. The van der Waals surface area contributed by atoms with E-state index in [0.717, 1.165) is 22.3 Å². The van der Waals surface area contributed by atoms with Crippen LogP contribution in [0.15, 0.2) is 59.1 Å². The molecule has 0 unspecified atom stereocenters. The van der Waals surface area contributed by atoms with E-state index in [1.165, 1.54) is 19.2 Å².